The Morgan fingerprint density at radius 3 is 3.00 bits per heavy atom. The summed E-state index contributed by atoms with van der Waals surface area (Å²) in [5.41, 5.74) is 2.64. The monoisotopic (exact) mass is 354 g/mol. The van der Waals surface area contributed by atoms with Crippen LogP contribution < -0.4 is 0 Å². The first-order chi connectivity index (χ1) is 11.2. The van der Waals surface area contributed by atoms with Gasteiger partial charge in [-0.2, -0.15) is 0 Å². The Morgan fingerprint density at radius 1 is 1.39 bits per heavy atom. The van der Waals surface area contributed by atoms with Crippen molar-refractivity contribution in [2.75, 3.05) is 46.0 Å². The molecule has 0 aromatic carbocycles. The maximum absolute atomic E-state index is 10.9. The van der Waals surface area contributed by atoms with E-state index in [1.807, 2.05) is 0 Å². The number of nitrogens with zero attached hydrogens (tertiary/aromatic N) is 2. The number of hydrogen-bond donors (Lipinski definition) is 0. The van der Waals surface area contributed by atoms with Crippen LogP contribution in [0.1, 0.15) is 18.9 Å². The molecule has 0 N–H and O–H groups in total. The fraction of sp³-hybridized carbons (Fsp3) is 0.562. The summed E-state index contributed by atoms with van der Waals surface area (Å²) in [4.78, 5) is 13.3. The second kappa shape index (κ2) is 8.19. The van der Waals surface area contributed by atoms with Crippen molar-refractivity contribution in [2.45, 2.75) is 17.6 Å². The molecular weight excluding hydrogens is 332 g/mol. The van der Waals surface area contributed by atoms with Gasteiger partial charge < -0.3 is 13.8 Å². The van der Waals surface area contributed by atoms with Crippen molar-refractivity contribution in [2.24, 2.45) is 0 Å². The van der Waals surface area contributed by atoms with Crippen LogP contribution >= 0.6 is 23.3 Å². The van der Waals surface area contributed by atoms with Gasteiger partial charge in [0.1, 0.15) is 0 Å². The zero-order chi connectivity index (χ0) is 16.1. The SMILES string of the molecule is CC(=O)OCCCN1Sc2sccc2C=C1CN1CCOCC1. The van der Waals surface area contributed by atoms with E-state index in [2.05, 4.69) is 26.7 Å². The van der Waals surface area contributed by atoms with Crippen molar-refractivity contribution in [3.05, 3.63) is 22.7 Å². The number of hydrogen-bond acceptors (Lipinski definition) is 7. The molecular formula is C16H22N2O3S2. The lowest BCUT2D eigenvalue weighted by molar-refractivity contribution is -0.141. The number of esters is 1. The van der Waals surface area contributed by atoms with Crippen LogP contribution in [0.15, 0.2) is 21.4 Å². The molecule has 23 heavy (non-hydrogen) atoms. The van der Waals surface area contributed by atoms with Crippen molar-refractivity contribution in [1.29, 1.82) is 0 Å². The maximum Gasteiger partial charge on any atom is 0.302 e. The molecule has 3 rings (SSSR count). The molecule has 1 saturated heterocycles. The van der Waals surface area contributed by atoms with Crippen LogP contribution in [0.25, 0.3) is 6.08 Å². The molecule has 7 heteroatoms. The molecule has 0 saturated carbocycles. The Kier molecular flexibility index (Phi) is 5.99. The van der Waals surface area contributed by atoms with E-state index in [4.69, 9.17) is 9.47 Å². The van der Waals surface area contributed by atoms with Gasteiger partial charge in [0.05, 0.1) is 24.0 Å². The largest absolute Gasteiger partial charge is 0.466 e. The summed E-state index contributed by atoms with van der Waals surface area (Å²) in [6.07, 6.45) is 3.14. The number of rotatable bonds is 6. The average molecular weight is 354 g/mol. The standard InChI is InChI=1S/C16H22N2O3S2/c1-13(19)21-7-2-4-18-15(12-17-5-8-20-9-6-17)11-14-3-10-22-16(14)23-18/h3,10-11H,2,4-9,12H2,1H3. The minimum Gasteiger partial charge on any atom is -0.466 e. The summed E-state index contributed by atoms with van der Waals surface area (Å²) in [6.45, 7) is 7.36. The van der Waals surface area contributed by atoms with E-state index in [-0.39, 0.29) is 5.97 Å². The predicted molar refractivity (Wildman–Crippen MR) is 93.4 cm³/mol. The van der Waals surface area contributed by atoms with Gasteiger partial charge in [-0.05, 0) is 29.5 Å². The second-order valence-corrected chi connectivity index (χ2v) is 7.78. The van der Waals surface area contributed by atoms with Crippen LogP contribution in [0.2, 0.25) is 0 Å². The number of carbonyl (C=O) groups is 1. The van der Waals surface area contributed by atoms with Crippen LogP contribution in [0, 0.1) is 0 Å². The Bertz CT molecular complexity index is 567. The van der Waals surface area contributed by atoms with E-state index in [0.717, 1.165) is 45.8 Å². The third kappa shape index (κ3) is 4.73. The molecule has 0 aliphatic carbocycles. The zero-order valence-electron chi connectivity index (χ0n) is 13.3. The lowest BCUT2D eigenvalue weighted by Gasteiger charge is -2.34. The van der Waals surface area contributed by atoms with Crippen LogP contribution in [0.3, 0.4) is 0 Å². The van der Waals surface area contributed by atoms with E-state index in [1.54, 1.807) is 23.3 Å². The third-order valence-corrected chi connectivity index (χ3v) is 6.07. The number of thiophene rings is 1. The number of fused-ring (bicyclic) bond motifs is 1. The van der Waals surface area contributed by atoms with Gasteiger partial charge >= 0.3 is 5.97 Å². The molecule has 2 aliphatic rings. The Balaban J connectivity index is 1.62. The highest BCUT2D eigenvalue weighted by atomic mass is 32.2. The van der Waals surface area contributed by atoms with Gasteiger partial charge in [-0.15, -0.1) is 11.3 Å². The topological polar surface area (TPSA) is 42.0 Å². The van der Waals surface area contributed by atoms with Gasteiger partial charge in [-0.1, -0.05) is 0 Å². The van der Waals surface area contributed by atoms with Gasteiger partial charge in [0, 0.05) is 50.8 Å². The minimum absolute atomic E-state index is 0.207. The van der Waals surface area contributed by atoms with Crippen LogP contribution in [-0.2, 0) is 14.3 Å². The van der Waals surface area contributed by atoms with Crippen molar-refractivity contribution in [3.63, 3.8) is 0 Å². The first-order valence-corrected chi connectivity index (χ1v) is 9.55. The molecule has 2 aliphatic heterocycles. The molecule has 0 amide bonds. The molecule has 0 atom stereocenters. The van der Waals surface area contributed by atoms with Crippen LogP contribution in [0.5, 0.6) is 0 Å². The van der Waals surface area contributed by atoms with Gasteiger partial charge in [-0.25, -0.2) is 0 Å². The van der Waals surface area contributed by atoms with E-state index in [0.29, 0.717) is 6.61 Å². The maximum atomic E-state index is 10.9. The normalized spacial score (nSPS) is 18.5. The summed E-state index contributed by atoms with van der Waals surface area (Å²) in [6, 6.07) is 2.18. The second-order valence-electron chi connectivity index (χ2n) is 5.57. The summed E-state index contributed by atoms with van der Waals surface area (Å²) < 4.78 is 14.2. The number of morpholine rings is 1. The van der Waals surface area contributed by atoms with E-state index < -0.39 is 0 Å². The number of ether oxygens (including phenoxy) is 2. The van der Waals surface area contributed by atoms with Gasteiger partial charge in [0.25, 0.3) is 0 Å². The van der Waals surface area contributed by atoms with Crippen molar-refractivity contribution in [1.82, 2.24) is 9.21 Å². The van der Waals surface area contributed by atoms with Crippen molar-refractivity contribution in [3.8, 4) is 0 Å². The van der Waals surface area contributed by atoms with Crippen molar-refractivity contribution < 1.29 is 14.3 Å². The molecule has 0 unspecified atom stereocenters. The van der Waals surface area contributed by atoms with E-state index >= 15 is 0 Å². The first kappa shape index (κ1) is 16.8. The van der Waals surface area contributed by atoms with E-state index in [1.165, 1.54) is 22.4 Å². The molecule has 126 valence electrons. The summed E-state index contributed by atoms with van der Waals surface area (Å²) in [5.74, 6) is -0.207. The molecule has 0 bridgehead atoms. The zero-order valence-corrected chi connectivity index (χ0v) is 15.0. The smallest absolute Gasteiger partial charge is 0.302 e. The van der Waals surface area contributed by atoms with Gasteiger partial charge in [0.2, 0.25) is 0 Å². The van der Waals surface area contributed by atoms with Gasteiger partial charge in [-0.3, -0.25) is 9.69 Å². The molecule has 1 aromatic heterocycles. The molecule has 5 nitrogen and oxygen atoms in total. The minimum atomic E-state index is -0.207. The Labute approximate surface area is 145 Å². The Hall–Kier alpha value is -1.02. The highest BCUT2D eigenvalue weighted by Crippen LogP contribution is 2.39. The average Bonchev–Trinajstić information content (AvgIpc) is 2.99. The van der Waals surface area contributed by atoms with Gasteiger partial charge in [0.15, 0.2) is 0 Å². The molecule has 1 aromatic rings. The molecule has 0 spiro atoms. The fourth-order valence-corrected chi connectivity index (χ4v) is 4.71. The summed E-state index contributed by atoms with van der Waals surface area (Å²) >= 11 is 3.58. The van der Waals surface area contributed by atoms with Crippen LogP contribution in [0.4, 0.5) is 0 Å². The summed E-state index contributed by atoms with van der Waals surface area (Å²) in [7, 11) is 0. The molecule has 0 radical (unpaired) electrons. The lowest BCUT2D eigenvalue weighted by Crippen LogP contribution is -2.39. The fourth-order valence-electron chi connectivity index (χ4n) is 2.62. The quantitative estimate of drug-likeness (QED) is 0.444. The lowest BCUT2D eigenvalue weighted by atomic mass is 10.2. The molecule has 1 fully saturated rings. The highest BCUT2D eigenvalue weighted by molar-refractivity contribution is 7.99. The van der Waals surface area contributed by atoms with Crippen LogP contribution in [-0.4, -0.2) is 61.2 Å². The van der Waals surface area contributed by atoms with Crippen molar-refractivity contribution >= 4 is 35.3 Å². The first-order valence-electron chi connectivity index (χ1n) is 7.89. The Morgan fingerprint density at radius 2 is 2.22 bits per heavy atom. The molecule has 3 heterocycles. The summed E-state index contributed by atoms with van der Waals surface area (Å²) in [5, 5.41) is 2.14. The highest BCUT2D eigenvalue weighted by Gasteiger charge is 2.22. The number of carbonyl (C=O) groups excluding carboxylic acids is 1. The predicted octanol–water partition coefficient (Wildman–Crippen LogP) is 2.70. The van der Waals surface area contributed by atoms with E-state index in [9.17, 15) is 4.79 Å². The third-order valence-electron chi connectivity index (χ3n) is 3.79.